The lowest BCUT2D eigenvalue weighted by molar-refractivity contribution is -0.143. The van der Waals surface area contributed by atoms with Crippen LogP contribution in [0.15, 0.2) is 24.3 Å². The fraction of sp³-hybridized carbons (Fsp3) is 0.476. The highest BCUT2D eigenvalue weighted by molar-refractivity contribution is 7.98. The van der Waals surface area contributed by atoms with Crippen LogP contribution >= 0.6 is 24.4 Å². The van der Waals surface area contributed by atoms with Crippen LogP contribution in [0.2, 0.25) is 0 Å². The number of carboxylic acid groups (broad SMARTS) is 2. The lowest BCUT2D eigenvalue weighted by Gasteiger charge is -2.24. The number of carboxylic acids is 2. The molecule has 0 saturated carbocycles. The number of aliphatic carboxylic acids is 2. The molecule has 12 nitrogen and oxygen atoms in total. The number of thiol groups is 1. The summed E-state index contributed by atoms with van der Waals surface area (Å²) in [6.45, 7) is 0. The molecule has 1 aromatic carbocycles. The summed E-state index contributed by atoms with van der Waals surface area (Å²) in [6, 6.07) is 0.922. The molecule has 0 aliphatic rings. The highest BCUT2D eigenvalue weighted by atomic mass is 32.2. The van der Waals surface area contributed by atoms with E-state index in [9.17, 15) is 34.2 Å². The molecule has 3 amide bonds. The second-order valence-corrected chi connectivity index (χ2v) is 8.91. The number of phenolic OH excluding ortho intramolecular Hbond substituents is 1. The Bertz CT molecular complexity index is 900. The lowest BCUT2D eigenvalue weighted by atomic mass is 10.1. The number of hydrogen-bond donors (Lipinski definition) is 8. The number of nitrogens with one attached hydrogen (secondary N) is 3. The van der Waals surface area contributed by atoms with Gasteiger partial charge in [0.05, 0.1) is 12.5 Å². The minimum atomic E-state index is -1.58. The number of carbonyl (C=O) groups excluding carboxylic acids is 3. The summed E-state index contributed by atoms with van der Waals surface area (Å²) in [5, 5.41) is 34.6. The standard InChI is InChI=1S/C21H30N4O8S2/c1-35-7-6-14(21(32)33)23-19(30)15(9-17(27)28)24-20(31)16(10-34)25-18(29)13(22)8-11-2-4-12(26)5-3-11/h2-5,13-16,26,34H,6-10,22H2,1H3,(H,23,30)(H,24,31)(H,25,29)(H,27,28)(H,32,33). The van der Waals surface area contributed by atoms with E-state index < -0.39 is 60.2 Å². The Morgan fingerprint density at radius 1 is 0.943 bits per heavy atom. The first kappa shape index (κ1) is 30.1. The van der Waals surface area contributed by atoms with Gasteiger partial charge < -0.3 is 37.0 Å². The Kier molecular flexibility index (Phi) is 13.0. The zero-order valence-electron chi connectivity index (χ0n) is 19.0. The van der Waals surface area contributed by atoms with Crippen molar-refractivity contribution < 1.29 is 39.3 Å². The maximum atomic E-state index is 12.7. The summed E-state index contributed by atoms with van der Waals surface area (Å²) < 4.78 is 0. The van der Waals surface area contributed by atoms with Crippen LogP contribution in [-0.2, 0) is 30.4 Å². The molecule has 35 heavy (non-hydrogen) atoms. The van der Waals surface area contributed by atoms with Gasteiger partial charge in [0.15, 0.2) is 0 Å². The molecule has 0 aromatic heterocycles. The normalized spacial score (nSPS) is 14.1. The number of rotatable bonds is 15. The number of carbonyl (C=O) groups is 5. The van der Waals surface area contributed by atoms with Gasteiger partial charge in [0.1, 0.15) is 23.9 Å². The third-order valence-electron chi connectivity index (χ3n) is 4.78. The smallest absolute Gasteiger partial charge is 0.326 e. The van der Waals surface area contributed by atoms with E-state index in [2.05, 4.69) is 28.6 Å². The fourth-order valence-corrected chi connectivity index (χ4v) is 3.60. The van der Waals surface area contributed by atoms with Gasteiger partial charge in [-0.3, -0.25) is 19.2 Å². The molecule has 14 heteroatoms. The van der Waals surface area contributed by atoms with Crippen molar-refractivity contribution in [1.29, 1.82) is 0 Å². The summed E-state index contributed by atoms with van der Waals surface area (Å²) >= 11 is 5.40. The van der Waals surface area contributed by atoms with E-state index in [1.54, 1.807) is 18.4 Å². The number of phenols is 1. The highest BCUT2D eigenvalue weighted by Gasteiger charge is 2.31. The molecule has 0 saturated heterocycles. The SMILES string of the molecule is CSCCC(NC(=O)C(CC(=O)O)NC(=O)C(CS)NC(=O)C(N)Cc1ccc(O)cc1)C(=O)O. The molecular formula is C21H30N4O8S2. The first-order valence-corrected chi connectivity index (χ1v) is 12.5. The maximum Gasteiger partial charge on any atom is 0.326 e. The molecule has 8 N–H and O–H groups in total. The summed E-state index contributed by atoms with van der Waals surface area (Å²) in [5.74, 6) is -4.95. The molecule has 1 rings (SSSR count). The van der Waals surface area contributed by atoms with Crippen LogP contribution in [0, 0.1) is 0 Å². The van der Waals surface area contributed by atoms with Crippen molar-refractivity contribution in [3.63, 3.8) is 0 Å². The molecular weight excluding hydrogens is 500 g/mol. The Hall–Kier alpha value is -2.97. The van der Waals surface area contributed by atoms with E-state index in [4.69, 9.17) is 10.8 Å². The van der Waals surface area contributed by atoms with Gasteiger partial charge >= 0.3 is 11.9 Å². The van der Waals surface area contributed by atoms with Crippen LogP contribution in [0.5, 0.6) is 5.75 Å². The summed E-state index contributed by atoms with van der Waals surface area (Å²) in [5.41, 5.74) is 6.57. The molecule has 0 fully saturated rings. The number of thioether (sulfide) groups is 1. The van der Waals surface area contributed by atoms with E-state index >= 15 is 0 Å². The van der Waals surface area contributed by atoms with Crippen molar-refractivity contribution >= 4 is 54.1 Å². The van der Waals surface area contributed by atoms with Crippen LogP contribution in [-0.4, -0.2) is 86.9 Å². The van der Waals surface area contributed by atoms with Gasteiger partial charge in [-0.25, -0.2) is 4.79 Å². The van der Waals surface area contributed by atoms with Crippen molar-refractivity contribution in [2.45, 2.75) is 43.4 Å². The van der Waals surface area contributed by atoms with Crippen LogP contribution < -0.4 is 21.7 Å². The van der Waals surface area contributed by atoms with Gasteiger partial charge in [-0.1, -0.05) is 12.1 Å². The van der Waals surface area contributed by atoms with Gasteiger partial charge in [-0.05, 0) is 42.5 Å². The Morgan fingerprint density at radius 2 is 1.49 bits per heavy atom. The van der Waals surface area contributed by atoms with E-state index in [1.165, 1.54) is 23.9 Å². The quantitative estimate of drug-likeness (QED) is 0.129. The molecule has 4 atom stereocenters. The molecule has 4 unspecified atom stereocenters. The highest BCUT2D eigenvalue weighted by Crippen LogP contribution is 2.11. The molecule has 0 radical (unpaired) electrons. The Labute approximate surface area is 211 Å². The minimum absolute atomic E-state index is 0.0532. The van der Waals surface area contributed by atoms with Crippen molar-refractivity contribution in [1.82, 2.24) is 16.0 Å². The van der Waals surface area contributed by atoms with Crippen molar-refractivity contribution in [3.05, 3.63) is 29.8 Å². The average molecular weight is 531 g/mol. The van der Waals surface area contributed by atoms with Crippen molar-refractivity contribution in [2.24, 2.45) is 5.73 Å². The van der Waals surface area contributed by atoms with Gasteiger partial charge in [-0.2, -0.15) is 24.4 Å². The predicted octanol–water partition coefficient (Wildman–Crippen LogP) is -1.04. The number of hydrogen-bond acceptors (Lipinski definition) is 9. The van der Waals surface area contributed by atoms with Gasteiger partial charge in [0, 0.05) is 5.75 Å². The fourth-order valence-electron chi connectivity index (χ4n) is 2.87. The number of benzene rings is 1. The zero-order chi connectivity index (χ0) is 26.5. The van der Waals surface area contributed by atoms with E-state index in [0.717, 1.165) is 0 Å². The number of aromatic hydroxyl groups is 1. The molecule has 1 aromatic rings. The zero-order valence-corrected chi connectivity index (χ0v) is 20.7. The van der Waals surface area contributed by atoms with Crippen LogP contribution in [0.3, 0.4) is 0 Å². The lowest BCUT2D eigenvalue weighted by Crippen LogP contribution is -2.58. The summed E-state index contributed by atoms with van der Waals surface area (Å²) in [4.78, 5) is 60.3. The van der Waals surface area contributed by atoms with Gasteiger partial charge in [0.25, 0.3) is 0 Å². The van der Waals surface area contributed by atoms with Crippen LogP contribution in [0.1, 0.15) is 18.4 Å². The summed E-state index contributed by atoms with van der Waals surface area (Å²) in [7, 11) is 0. The van der Waals surface area contributed by atoms with E-state index in [0.29, 0.717) is 11.3 Å². The minimum Gasteiger partial charge on any atom is -0.508 e. The first-order chi connectivity index (χ1) is 16.5. The van der Waals surface area contributed by atoms with Crippen LogP contribution in [0.4, 0.5) is 0 Å². The first-order valence-electron chi connectivity index (χ1n) is 10.5. The van der Waals surface area contributed by atoms with E-state index in [-0.39, 0.29) is 24.3 Å². The number of nitrogens with two attached hydrogens (primary N) is 1. The monoisotopic (exact) mass is 530 g/mol. The molecule has 0 bridgehead atoms. The second-order valence-electron chi connectivity index (χ2n) is 7.56. The molecule has 0 aliphatic heterocycles. The Balaban J connectivity index is 2.82. The largest absolute Gasteiger partial charge is 0.508 e. The third kappa shape index (κ3) is 10.9. The van der Waals surface area contributed by atoms with Gasteiger partial charge in [0.2, 0.25) is 17.7 Å². The maximum absolute atomic E-state index is 12.7. The average Bonchev–Trinajstić information content (AvgIpc) is 2.80. The Morgan fingerprint density at radius 3 is 2.00 bits per heavy atom. The molecule has 0 aliphatic carbocycles. The predicted molar refractivity (Wildman–Crippen MR) is 132 cm³/mol. The topological polar surface area (TPSA) is 208 Å². The van der Waals surface area contributed by atoms with E-state index in [1.807, 2.05) is 0 Å². The van der Waals surface area contributed by atoms with Crippen molar-refractivity contribution in [2.75, 3.05) is 17.8 Å². The summed E-state index contributed by atoms with van der Waals surface area (Å²) in [6.07, 6.45) is 1.17. The number of amides is 3. The van der Waals surface area contributed by atoms with Gasteiger partial charge in [-0.15, -0.1) is 0 Å². The molecule has 0 heterocycles. The molecule has 194 valence electrons. The molecule has 0 spiro atoms. The van der Waals surface area contributed by atoms with Crippen LogP contribution in [0.25, 0.3) is 0 Å². The third-order valence-corrected chi connectivity index (χ3v) is 5.79. The van der Waals surface area contributed by atoms with Crippen molar-refractivity contribution in [3.8, 4) is 5.75 Å². The second kappa shape index (κ2) is 15.1.